The number of pyridine rings is 1. The van der Waals surface area contributed by atoms with Crippen LogP contribution in [0.2, 0.25) is 0 Å². The maximum atomic E-state index is 11.9. The van der Waals surface area contributed by atoms with Crippen LogP contribution in [0.1, 0.15) is 29.6 Å². The molecule has 2 amide bonds. The summed E-state index contributed by atoms with van der Waals surface area (Å²) in [6, 6.07) is 3.24. The predicted molar refractivity (Wildman–Crippen MR) is 77.4 cm³/mol. The van der Waals surface area contributed by atoms with E-state index < -0.39 is 0 Å². The molecule has 1 aromatic rings. The highest BCUT2D eigenvalue weighted by Gasteiger charge is 2.15. The number of hydrogen-bond acceptors (Lipinski definition) is 3. The molecule has 1 aromatic heterocycles. The largest absolute Gasteiger partial charge is 0.345 e. The molecule has 0 saturated heterocycles. The lowest BCUT2D eigenvalue weighted by Crippen LogP contribution is -2.22. The normalized spacial score (nSPS) is 17.0. The van der Waals surface area contributed by atoms with Gasteiger partial charge >= 0.3 is 0 Å². The first-order valence-electron chi connectivity index (χ1n) is 6.70. The van der Waals surface area contributed by atoms with Crippen molar-refractivity contribution in [3.8, 4) is 0 Å². The maximum absolute atomic E-state index is 11.9. The quantitative estimate of drug-likeness (QED) is 0.854. The summed E-state index contributed by atoms with van der Waals surface area (Å²) in [4.78, 5) is 29.3. The molecule has 2 rings (SSSR count). The van der Waals surface area contributed by atoms with Gasteiger partial charge in [0, 0.05) is 32.3 Å². The van der Waals surface area contributed by atoms with Crippen LogP contribution in [-0.2, 0) is 4.79 Å². The van der Waals surface area contributed by atoms with Gasteiger partial charge in [0.25, 0.3) is 5.91 Å². The molecule has 1 heterocycles. The highest BCUT2D eigenvalue weighted by molar-refractivity contribution is 5.96. The van der Waals surface area contributed by atoms with Crippen molar-refractivity contribution in [3.05, 3.63) is 36.0 Å². The Morgan fingerprint density at radius 2 is 2.25 bits per heavy atom. The molecule has 1 aliphatic carbocycles. The summed E-state index contributed by atoms with van der Waals surface area (Å²) in [6.45, 7) is 0. The Kier molecular flexibility index (Phi) is 4.50. The number of allylic oxidation sites excluding steroid dienone is 2. The zero-order valence-electron chi connectivity index (χ0n) is 11.8. The monoisotopic (exact) mass is 273 g/mol. The van der Waals surface area contributed by atoms with Gasteiger partial charge in [0.1, 0.15) is 5.82 Å². The van der Waals surface area contributed by atoms with E-state index >= 15 is 0 Å². The van der Waals surface area contributed by atoms with Crippen molar-refractivity contribution >= 4 is 17.6 Å². The Morgan fingerprint density at radius 3 is 2.90 bits per heavy atom. The third-order valence-electron chi connectivity index (χ3n) is 3.24. The minimum Gasteiger partial charge on any atom is -0.345 e. The summed E-state index contributed by atoms with van der Waals surface area (Å²) in [5.41, 5.74) is 0.515. The third-order valence-corrected chi connectivity index (χ3v) is 3.24. The third kappa shape index (κ3) is 3.66. The van der Waals surface area contributed by atoms with Crippen LogP contribution in [0, 0.1) is 5.92 Å². The van der Waals surface area contributed by atoms with Crippen LogP contribution >= 0.6 is 0 Å². The average Bonchev–Trinajstić information content (AvgIpc) is 2.90. The van der Waals surface area contributed by atoms with E-state index in [-0.39, 0.29) is 11.8 Å². The van der Waals surface area contributed by atoms with E-state index in [2.05, 4.69) is 22.5 Å². The number of nitrogens with zero attached hydrogens (tertiary/aromatic N) is 2. The van der Waals surface area contributed by atoms with Crippen LogP contribution in [0.15, 0.2) is 30.5 Å². The molecule has 0 saturated carbocycles. The standard InChI is InChI=1S/C15H19N3O2/c1-18(2)15(20)12-7-8-16-13(10-12)17-14(19)9-11-5-3-4-6-11/h3,5,7-8,10-11H,4,6,9H2,1-2H3,(H,16,17,19). The first-order chi connectivity index (χ1) is 9.56. The first-order valence-corrected chi connectivity index (χ1v) is 6.70. The van der Waals surface area contributed by atoms with Crippen LogP contribution in [0.25, 0.3) is 0 Å². The number of hydrogen-bond donors (Lipinski definition) is 1. The summed E-state index contributed by atoms with van der Waals surface area (Å²) in [6.07, 6.45) is 8.25. The van der Waals surface area contributed by atoms with Crippen molar-refractivity contribution < 1.29 is 9.59 Å². The molecular formula is C15H19N3O2. The van der Waals surface area contributed by atoms with Gasteiger partial charge in [-0.2, -0.15) is 0 Å². The molecule has 5 heteroatoms. The second-order valence-electron chi connectivity index (χ2n) is 5.15. The van der Waals surface area contributed by atoms with Crippen molar-refractivity contribution in [1.29, 1.82) is 0 Å². The van der Waals surface area contributed by atoms with Gasteiger partial charge in [-0.1, -0.05) is 12.2 Å². The van der Waals surface area contributed by atoms with Crippen LogP contribution in [0.5, 0.6) is 0 Å². The topological polar surface area (TPSA) is 62.3 Å². The van der Waals surface area contributed by atoms with Crippen molar-refractivity contribution in [2.24, 2.45) is 5.92 Å². The van der Waals surface area contributed by atoms with Gasteiger partial charge in [-0.05, 0) is 30.9 Å². The smallest absolute Gasteiger partial charge is 0.253 e. The van der Waals surface area contributed by atoms with Gasteiger partial charge in [0.15, 0.2) is 0 Å². The molecule has 1 aliphatic rings. The Hall–Kier alpha value is -2.17. The van der Waals surface area contributed by atoms with Gasteiger partial charge in [-0.25, -0.2) is 4.98 Å². The van der Waals surface area contributed by atoms with Crippen molar-refractivity contribution in [1.82, 2.24) is 9.88 Å². The molecule has 0 aliphatic heterocycles. The second-order valence-corrected chi connectivity index (χ2v) is 5.15. The zero-order chi connectivity index (χ0) is 14.5. The molecule has 20 heavy (non-hydrogen) atoms. The minimum absolute atomic E-state index is 0.0662. The average molecular weight is 273 g/mol. The van der Waals surface area contributed by atoms with Crippen LogP contribution in [0.3, 0.4) is 0 Å². The molecule has 5 nitrogen and oxygen atoms in total. The van der Waals surface area contributed by atoms with Gasteiger partial charge < -0.3 is 10.2 Å². The molecule has 0 spiro atoms. The van der Waals surface area contributed by atoms with E-state index in [9.17, 15) is 9.59 Å². The van der Waals surface area contributed by atoms with E-state index in [4.69, 9.17) is 0 Å². The lowest BCUT2D eigenvalue weighted by molar-refractivity contribution is -0.116. The van der Waals surface area contributed by atoms with Crippen molar-refractivity contribution in [2.75, 3.05) is 19.4 Å². The van der Waals surface area contributed by atoms with Crippen LogP contribution < -0.4 is 5.32 Å². The maximum Gasteiger partial charge on any atom is 0.253 e. The van der Waals surface area contributed by atoms with Gasteiger partial charge in [0.05, 0.1) is 0 Å². The molecule has 1 N–H and O–H groups in total. The molecule has 1 atom stereocenters. The predicted octanol–water partition coefficient (Wildman–Crippen LogP) is 2.08. The van der Waals surface area contributed by atoms with Crippen LogP contribution in [0.4, 0.5) is 5.82 Å². The number of anilines is 1. The molecule has 106 valence electrons. The lowest BCUT2D eigenvalue weighted by atomic mass is 10.1. The molecule has 0 aromatic carbocycles. The van der Waals surface area contributed by atoms with Crippen molar-refractivity contribution in [2.45, 2.75) is 19.3 Å². The Bertz CT molecular complexity index is 538. The molecule has 0 fully saturated rings. The van der Waals surface area contributed by atoms with E-state index in [1.807, 2.05) is 0 Å². The summed E-state index contributed by atoms with van der Waals surface area (Å²) < 4.78 is 0. The fourth-order valence-corrected chi connectivity index (χ4v) is 2.19. The number of carbonyl (C=O) groups is 2. The minimum atomic E-state index is -0.110. The summed E-state index contributed by atoms with van der Waals surface area (Å²) in [5, 5.41) is 2.75. The highest BCUT2D eigenvalue weighted by atomic mass is 16.2. The molecule has 1 unspecified atom stereocenters. The Balaban J connectivity index is 1.98. The fourth-order valence-electron chi connectivity index (χ4n) is 2.19. The Labute approximate surface area is 118 Å². The number of carbonyl (C=O) groups excluding carboxylic acids is 2. The molecular weight excluding hydrogens is 254 g/mol. The Morgan fingerprint density at radius 1 is 1.45 bits per heavy atom. The van der Waals surface area contributed by atoms with Crippen LogP contribution in [-0.4, -0.2) is 35.8 Å². The summed E-state index contributed by atoms with van der Waals surface area (Å²) in [5.74, 6) is 0.566. The molecule has 0 radical (unpaired) electrons. The van der Waals surface area contributed by atoms with Gasteiger partial charge in [-0.3, -0.25) is 9.59 Å². The first kappa shape index (κ1) is 14.2. The zero-order valence-corrected chi connectivity index (χ0v) is 11.8. The van der Waals surface area contributed by atoms with Gasteiger partial charge in [-0.15, -0.1) is 0 Å². The van der Waals surface area contributed by atoms with Crippen molar-refractivity contribution in [3.63, 3.8) is 0 Å². The number of nitrogens with one attached hydrogen (secondary N) is 1. The number of amides is 2. The fraction of sp³-hybridized carbons (Fsp3) is 0.400. The SMILES string of the molecule is CN(C)C(=O)c1ccnc(NC(=O)CC2C=CCC2)c1. The van der Waals surface area contributed by atoms with E-state index in [1.165, 1.54) is 11.1 Å². The summed E-state index contributed by atoms with van der Waals surface area (Å²) >= 11 is 0. The van der Waals surface area contributed by atoms with E-state index in [1.54, 1.807) is 26.2 Å². The number of rotatable bonds is 4. The lowest BCUT2D eigenvalue weighted by Gasteiger charge is -2.12. The van der Waals surface area contributed by atoms with E-state index in [0.29, 0.717) is 23.7 Å². The highest BCUT2D eigenvalue weighted by Crippen LogP contribution is 2.20. The second kappa shape index (κ2) is 6.32. The molecule has 0 bridgehead atoms. The number of aromatic nitrogens is 1. The van der Waals surface area contributed by atoms with Gasteiger partial charge in [0.2, 0.25) is 5.91 Å². The summed E-state index contributed by atoms with van der Waals surface area (Å²) in [7, 11) is 3.38. The van der Waals surface area contributed by atoms with E-state index in [0.717, 1.165) is 12.8 Å².